The Bertz CT molecular complexity index is 786. The lowest BCUT2D eigenvalue weighted by molar-refractivity contribution is 0.103. The van der Waals surface area contributed by atoms with Crippen molar-refractivity contribution >= 4 is 44.6 Å². The molecular formula is C12H11ClN2O4S2. The Kier molecular flexibility index (Phi) is 4.52. The van der Waals surface area contributed by atoms with Crippen molar-refractivity contribution in [1.29, 1.82) is 0 Å². The van der Waals surface area contributed by atoms with Crippen LogP contribution in [0.1, 0.15) is 9.67 Å². The summed E-state index contributed by atoms with van der Waals surface area (Å²) in [5.74, 6) is -0.285. The van der Waals surface area contributed by atoms with Crippen LogP contribution in [-0.2, 0) is 10.0 Å². The fourth-order valence-electron chi connectivity index (χ4n) is 1.61. The molecule has 1 amide bonds. The van der Waals surface area contributed by atoms with Gasteiger partial charge in [0.1, 0.15) is 10.6 Å². The van der Waals surface area contributed by atoms with E-state index in [1.807, 2.05) is 0 Å². The minimum absolute atomic E-state index is 0.106. The first kappa shape index (κ1) is 15.8. The standard InChI is InChI=1S/C12H11ClN2O4S2/c1-19-8-3-2-7(6-10(8)21(14,17)18)15-12(16)9-4-5-11(13)20-9/h2-6H,1H3,(H,15,16)(H2,14,17,18). The molecular weight excluding hydrogens is 336 g/mol. The van der Waals surface area contributed by atoms with E-state index in [0.717, 1.165) is 11.3 Å². The molecule has 0 spiro atoms. The number of nitrogens with one attached hydrogen (secondary N) is 1. The van der Waals surface area contributed by atoms with Crippen LogP contribution in [0.15, 0.2) is 35.2 Å². The van der Waals surface area contributed by atoms with Gasteiger partial charge in [0.05, 0.1) is 16.3 Å². The number of thiophene rings is 1. The Morgan fingerprint density at radius 3 is 2.57 bits per heavy atom. The minimum atomic E-state index is -3.96. The topological polar surface area (TPSA) is 98.5 Å². The summed E-state index contributed by atoms with van der Waals surface area (Å²) >= 11 is 6.88. The number of sulfonamides is 1. The number of hydrogen-bond acceptors (Lipinski definition) is 5. The van der Waals surface area contributed by atoms with E-state index in [4.69, 9.17) is 21.5 Å². The molecule has 112 valence electrons. The first-order chi connectivity index (χ1) is 9.81. The van der Waals surface area contributed by atoms with Crippen LogP contribution in [0.2, 0.25) is 4.34 Å². The third-order valence-corrected chi connectivity index (χ3v) is 4.69. The Labute approximate surface area is 130 Å². The van der Waals surface area contributed by atoms with Gasteiger partial charge < -0.3 is 10.1 Å². The van der Waals surface area contributed by atoms with E-state index in [1.165, 1.54) is 25.3 Å². The van der Waals surface area contributed by atoms with Gasteiger partial charge in [-0.1, -0.05) is 11.6 Å². The van der Waals surface area contributed by atoms with Crippen LogP contribution < -0.4 is 15.2 Å². The minimum Gasteiger partial charge on any atom is -0.495 e. The molecule has 1 aromatic heterocycles. The molecule has 2 aromatic rings. The molecule has 9 heteroatoms. The second-order valence-electron chi connectivity index (χ2n) is 3.97. The van der Waals surface area contributed by atoms with Gasteiger partial charge in [0, 0.05) is 5.69 Å². The summed E-state index contributed by atoms with van der Waals surface area (Å²) in [6.45, 7) is 0. The Morgan fingerprint density at radius 2 is 2.05 bits per heavy atom. The highest BCUT2D eigenvalue weighted by Gasteiger charge is 2.17. The van der Waals surface area contributed by atoms with Crippen molar-refractivity contribution in [3.05, 3.63) is 39.5 Å². The molecule has 0 radical (unpaired) electrons. The van der Waals surface area contributed by atoms with Gasteiger partial charge in [0.15, 0.2) is 0 Å². The van der Waals surface area contributed by atoms with Gasteiger partial charge >= 0.3 is 0 Å². The first-order valence-corrected chi connectivity index (χ1v) is 8.33. The monoisotopic (exact) mass is 346 g/mol. The summed E-state index contributed by atoms with van der Waals surface area (Å²) in [5.41, 5.74) is 0.286. The molecule has 0 aliphatic carbocycles. The van der Waals surface area contributed by atoms with Crippen molar-refractivity contribution in [2.24, 2.45) is 5.14 Å². The molecule has 3 N–H and O–H groups in total. The third kappa shape index (κ3) is 3.73. The first-order valence-electron chi connectivity index (χ1n) is 5.59. The van der Waals surface area contributed by atoms with Gasteiger partial charge in [-0.25, -0.2) is 13.6 Å². The number of carbonyl (C=O) groups excluding carboxylic acids is 1. The summed E-state index contributed by atoms with van der Waals surface area (Å²) in [6.07, 6.45) is 0. The predicted molar refractivity (Wildman–Crippen MR) is 81.6 cm³/mol. The second-order valence-corrected chi connectivity index (χ2v) is 7.21. The second kappa shape index (κ2) is 6.02. The van der Waals surface area contributed by atoms with Gasteiger partial charge in [-0.15, -0.1) is 11.3 Å². The molecule has 0 aliphatic heterocycles. The number of ether oxygens (including phenoxy) is 1. The van der Waals surface area contributed by atoms with Crippen molar-refractivity contribution < 1.29 is 17.9 Å². The lowest BCUT2D eigenvalue weighted by Gasteiger charge is -2.09. The number of hydrogen-bond donors (Lipinski definition) is 2. The number of nitrogens with two attached hydrogens (primary N) is 1. The molecule has 0 unspecified atom stereocenters. The molecule has 1 heterocycles. The molecule has 21 heavy (non-hydrogen) atoms. The molecule has 2 rings (SSSR count). The Morgan fingerprint density at radius 1 is 1.33 bits per heavy atom. The van der Waals surface area contributed by atoms with Crippen LogP contribution in [0.3, 0.4) is 0 Å². The van der Waals surface area contributed by atoms with Gasteiger partial charge in [0.25, 0.3) is 5.91 Å². The van der Waals surface area contributed by atoms with E-state index >= 15 is 0 Å². The van der Waals surface area contributed by atoms with E-state index in [-0.39, 0.29) is 16.3 Å². The van der Waals surface area contributed by atoms with Crippen molar-refractivity contribution in [3.63, 3.8) is 0 Å². The SMILES string of the molecule is COc1ccc(NC(=O)c2ccc(Cl)s2)cc1S(N)(=O)=O. The molecule has 6 nitrogen and oxygen atoms in total. The van der Waals surface area contributed by atoms with Gasteiger partial charge in [-0.05, 0) is 30.3 Å². The number of rotatable bonds is 4. The van der Waals surface area contributed by atoms with Crippen molar-refractivity contribution in [2.75, 3.05) is 12.4 Å². The Hall–Kier alpha value is -1.61. The van der Waals surface area contributed by atoms with E-state index < -0.39 is 15.9 Å². The van der Waals surface area contributed by atoms with Gasteiger partial charge in [0.2, 0.25) is 10.0 Å². The normalized spacial score (nSPS) is 11.2. The van der Waals surface area contributed by atoms with Crippen LogP contribution in [0.5, 0.6) is 5.75 Å². The van der Waals surface area contributed by atoms with Crippen molar-refractivity contribution in [2.45, 2.75) is 4.90 Å². The van der Waals surface area contributed by atoms with Gasteiger partial charge in [-0.3, -0.25) is 4.79 Å². The largest absolute Gasteiger partial charge is 0.495 e. The predicted octanol–water partition coefficient (Wildman–Crippen LogP) is 2.31. The highest BCUT2D eigenvalue weighted by molar-refractivity contribution is 7.89. The summed E-state index contributed by atoms with van der Waals surface area (Å²) in [6, 6.07) is 7.34. The molecule has 0 aliphatic rings. The Balaban J connectivity index is 2.31. The molecule has 1 aromatic carbocycles. The quantitative estimate of drug-likeness (QED) is 0.887. The number of methoxy groups -OCH3 is 1. The zero-order valence-electron chi connectivity index (χ0n) is 10.8. The summed E-state index contributed by atoms with van der Waals surface area (Å²) in [7, 11) is -2.63. The number of amides is 1. The molecule has 0 fully saturated rings. The average molecular weight is 347 g/mol. The molecule has 0 saturated carbocycles. The van der Waals surface area contributed by atoms with Crippen LogP contribution in [-0.4, -0.2) is 21.4 Å². The third-order valence-electron chi connectivity index (χ3n) is 2.53. The van der Waals surface area contributed by atoms with E-state index in [9.17, 15) is 13.2 Å². The maximum Gasteiger partial charge on any atom is 0.265 e. The number of primary sulfonamides is 1. The summed E-state index contributed by atoms with van der Waals surface area (Å²) in [4.78, 5) is 12.2. The number of halogens is 1. The zero-order chi connectivity index (χ0) is 15.6. The van der Waals surface area contributed by atoms with Gasteiger partial charge in [-0.2, -0.15) is 0 Å². The van der Waals surface area contributed by atoms with E-state index in [1.54, 1.807) is 12.1 Å². The van der Waals surface area contributed by atoms with Crippen LogP contribution >= 0.6 is 22.9 Å². The van der Waals surface area contributed by atoms with Crippen LogP contribution in [0, 0.1) is 0 Å². The number of carbonyl (C=O) groups is 1. The number of anilines is 1. The summed E-state index contributed by atoms with van der Waals surface area (Å²) in [5, 5.41) is 7.68. The number of benzene rings is 1. The lowest BCUT2D eigenvalue weighted by Crippen LogP contribution is -2.15. The molecule has 0 bridgehead atoms. The van der Waals surface area contributed by atoms with Crippen LogP contribution in [0.25, 0.3) is 0 Å². The zero-order valence-corrected chi connectivity index (χ0v) is 13.2. The van der Waals surface area contributed by atoms with E-state index in [2.05, 4.69) is 5.32 Å². The van der Waals surface area contributed by atoms with Crippen molar-refractivity contribution in [3.8, 4) is 5.75 Å². The van der Waals surface area contributed by atoms with Crippen LogP contribution in [0.4, 0.5) is 5.69 Å². The lowest BCUT2D eigenvalue weighted by atomic mass is 10.3. The molecule has 0 atom stereocenters. The molecule has 0 saturated heterocycles. The van der Waals surface area contributed by atoms with E-state index in [0.29, 0.717) is 9.21 Å². The van der Waals surface area contributed by atoms with Crippen molar-refractivity contribution in [1.82, 2.24) is 0 Å². The average Bonchev–Trinajstić information content (AvgIpc) is 2.84. The fourth-order valence-corrected chi connectivity index (χ4v) is 3.27. The smallest absolute Gasteiger partial charge is 0.265 e. The highest BCUT2D eigenvalue weighted by atomic mass is 35.5. The summed E-state index contributed by atoms with van der Waals surface area (Å²) < 4.78 is 28.4. The maximum absolute atomic E-state index is 12.0. The maximum atomic E-state index is 12.0. The highest BCUT2D eigenvalue weighted by Crippen LogP contribution is 2.27. The fraction of sp³-hybridized carbons (Fsp3) is 0.0833.